The van der Waals surface area contributed by atoms with E-state index in [1.54, 1.807) is 11.3 Å². The van der Waals surface area contributed by atoms with Crippen LogP contribution in [0, 0.1) is 6.92 Å². The van der Waals surface area contributed by atoms with Gasteiger partial charge in [-0.05, 0) is 25.8 Å². The molecule has 1 aromatic carbocycles. The summed E-state index contributed by atoms with van der Waals surface area (Å²) < 4.78 is 0. The van der Waals surface area contributed by atoms with Gasteiger partial charge in [0.05, 0.1) is 11.2 Å². The maximum atomic E-state index is 4.26. The summed E-state index contributed by atoms with van der Waals surface area (Å²) in [6.45, 7) is 5.21. The van der Waals surface area contributed by atoms with E-state index in [0.717, 1.165) is 18.7 Å². The third-order valence-corrected chi connectivity index (χ3v) is 3.78. The second-order valence-electron chi connectivity index (χ2n) is 4.33. The van der Waals surface area contributed by atoms with Crippen LogP contribution in [0.15, 0.2) is 35.8 Å². The van der Waals surface area contributed by atoms with Crippen molar-refractivity contribution in [1.29, 1.82) is 0 Å². The average molecular weight is 246 g/mol. The molecule has 3 heteroatoms. The van der Waals surface area contributed by atoms with Crippen molar-refractivity contribution in [3.63, 3.8) is 0 Å². The fraction of sp³-hybridized carbons (Fsp3) is 0.357. The van der Waals surface area contributed by atoms with Crippen LogP contribution < -0.4 is 5.32 Å². The van der Waals surface area contributed by atoms with Gasteiger partial charge in [-0.15, -0.1) is 11.3 Å². The van der Waals surface area contributed by atoms with Crippen LogP contribution in [-0.2, 0) is 13.0 Å². The summed E-state index contributed by atoms with van der Waals surface area (Å²) in [5.74, 6) is 0. The van der Waals surface area contributed by atoms with Crippen LogP contribution in [-0.4, -0.2) is 11.0 Å². The van der Waals surface area contributed by atoms with E-state index in [2.05, 4.69) is 54.5 Å². The highest BCUT2D eigenvalue weighted by Crippen LogP contribution is 2.12. The molecule has 1 aromatic heterocycles. The van der Waals surface area contributed by atoms with Gasteiger partial charge in [0.2, 0.25) is 0 Å². The van der Waals surface area contributed by atoms with Crippen LogP contribution >= 0.6 is 11.3 Å². The largest absolute Gasteiger partial charge is 0.309 e. The summed E-state index contributed by atoms with van der Waals surface area (Å²) in [4.78, 5) is 5.59. The number of aromatic nitrogens is 1. The van der Waals surface area contributed by atoms with Gasteiger partial charge in [0.25, 0.3) is 0 Å². The van der Waals surface area contributed by atoms with E-state index in [1.807, 2.05) is 5.51 Å². The Morgan fingerprint density at radius 2 is 2.06 bits per heavy atom. The lowest BCUT2D eigenvalue weighted by Gasteiger charge is -2.13. The molecule has 17 heavy (non-hydrogen) atoms. The van der Waals surface area contributed by atoms with Crippen LogP contribution in [0.25, 0.3) is 0 Å². The fourth-order valence-electron chi connectivity index (χ4n) is 1.80. The molecule has 0 saturated heterocycles. The van der Waals surface area contributed by atoms with E-state index in [9.17, 15) is 0 Å². The third-order valence-electron chi connectivity index (χ3n) is 2.84. The van der Waals surface area contributed by atoms with Crippen molar-refractivity contribution < 1.29 is 0 Å². The smallest absolute Gasteiger partial charge is 0.0798 e. The Hall–Kier alpha value is -1.19. The number of rotatable bonds is 5. The number of nitrogens with zero attached hydrogens (tertiary/aromatic N) is 1. The first-order valence-corrected chi connectivity index (χ1v) is 6.80. The molecule has 2 aromatic rings. The number of aryl methyl sites for hydroxylation is 1. The molecule has 90 valence electrons. The fourth-order valence-corrected chi connectivity index (χ4v) is 2.53. The normalized spacial score (nSPS) is 12.6. The van der Waals surface area contributed by atoms with Crippen LogP contribution in [0.4, 0.5) is 0 Å². The van der Waals surface area contributed by atoms with Gasteiger partial charge >= 0.3 is 0 Å². The summed E-state index contributed by atoms with van der Waals surface area (Å²) in [5, 5.41) is 3.54. The van der Waals surface area contributed by atoms with Gasteiger partial charge in [0, 0.05) is 17.5 Å². The van der Waals surface area contributed by atoms with Crippen molar-refractivity contribution in [2.24, 2.45) is 0 Å². The van der Waals surface area contributed by atoms with Crippen molar-refractivity contribution in [3.05, 3.63) is 52.0 Å². The van der Waals surface area contributed by atoms with Crippen molar-refractivity contribution in [1.82, 2.24) is 10.3 Å². The van der Waals surface area contributed by atoms with E-state index in [1.165, 1.54) is 10.4 Å². The van der Waals surface area contributed by atoms with Crippen molar-refractivity contribution in [2.75, 3.05) is 0 Å². The standard InChI is InChI=1S/C14H18N2S/c1-11(8-13-6-4-3-5-7-13)15-9-14-12(2)16-10-17-14/h3-7,10-11,15H,8-9H2,1-2H3. The number of thiazole rings is 1. The summed E-state index contributed by atoms with van der Waals surface area (Å²) in [6.07, 6.45) is 1.07. The molecular formula is C14H18N2S. The lowest BCUT2D eigenvalue weighted by Crippen LogP contribution is -2.27. The van der Waals surface area contributed by atoms with Gasteiger partial charge in [0.15, 0.2) is 0 Å². The molecule has 0 saturated carbocycles. The molecule has 0 amide bonds. The Balaban J connectivity index is 1.82. The highest BCUT2D eigenvalue weighted by atomic mass is 32.1. The molecule has 0 radical (unpaired) electrons. The Bertz CT molecular complexity index is 450. The topological polar surface area (TPSA) is 24.9 Å². The van der Waals surface area contributed by atoms with Crippen molar-refractivity contribution in [2.45, 2.75) is 32.9 Å². The number of benzene rings is 1. The molecule has 2 rings (SSSR count). The summed E-state index contributed by atoms with van der Waals surface area (Å²) in [7, 11) is 0. The van der Waals surface area contributed by atoms with Gasteiger partial charge in [0.1, 0.15) is 0 Å². The molecule has 1 N–H and O–H groups in total. The molecule has 1 heterocycles. The molecular weight excluding hydrogens is 228 g/mol. The molecule has 0 bridgehead atoms. The predicted octanol–water partition coefficient (Wildman–Crippen LogP) is 3.17. The number of nitrogens with one attached hydrogen (secondary N) is 1. The van der Waals surface area contributed by atoms with Gasteiger partial charge in [-0.2, -0.15) is 0 Å². The van der Waals surface area contributed by atoms with Gasteiger partial charge < -0.3 is 5.32 Å². The quantitative estimate of drug-likeness (QED) is 0.876. The lowest BCUT2D eigenvalue weighted by molar-refractivity contribution is 0.547. The van der Waals surface area contributed by atoms with Crippen molar-refractivity contribution >= 4 is 11.3 Å². The average Bonchev–Trinajstić information content (AvgIpc) is 2.74. The van der Waals surface area contributed by atoms with Crippen LogP contribution in [0.3, 0.4) is 0 Å². The molecule has 0 fully saturated rings. The summed E-state index contributed by atoms with van der Waals surface area (Å²) in [5.41, 5.74) is 4.44. The zero-order chi connectivity index (χ0) is 12.1. The molecule has 1 atom stereocenters. The number of hydrogen-bond donors (Lipinski definition) is 1. The number of hydrogen-bond acceptors (Lipinski definition) is 3. The Morgan fingerprint density at radius 3 is 2.71 bits per heavy atom. The van der Waals surface area contributed by atoms with Crippen molar-refractivity contribution in [3.8, 4) is 0 Å². The zero-order valence-electron chi connectivity index (χ0n) is 10.3. The maximum Gasteiger partial charge on any atom is 0.0798 e. The first-order valence-electron chi connectivity index (χ1n) is 5.92. The Kier molecular flexibility index (Phi) is 4.29. The molecule has 0 aliphatic carbocycles. The molecule has 2 nitrogen and oxygen atoms in total. The van der Waals surface area contributed by atoms with E-state index in [0.29, 0.717) is 6.04 Å². The minimum atomic E-state index is 0.485. The SMILES string of the molecule is Cc1ncsc1CNC(C)Cc1ccccc1. The summed E-state index contributed by atoms with van der Waals surface area (Å²) in [6, 6.07) is 11.1. The highest BCUT2D eigenvalue weighted by molar-refractivity contribution is 7.09. The molecule has 0 aliphatic heterocycles. The second-order valence-corrected chi connectivity index (χ2v) is 5.27. The lowest BCUT2D eigenvalue weighted by atomic mass is 10.1. The van der Waals surface area contributed by atoms with Gasteiger partial charge in [-0.25, -0.2) is 4.98 Å². The van der Waals surface area contributed by atoms with Crippen LogP contribution in [0.5, 0.6) is 0 Å². The minimum absolute atomic E-state index is 0.485. The molecule has 0 spiro atoms. The van der Waals surface area contributed by atoms with Gasteiger partial charge in [-0.3, -0.25) is 0 Å². The summed E-state index contributed by atoms with van der Waals surface area (Å²) >= 11 is 1.72. The van der Waals surface area contributed by atoms with E-state index in [4.69, 9.17) is 0 Å². The van der Waals surface area contributed by atoms with E-state index in [-0.39, 0.29) is 0 Å². The van der Waals surface area contributed by atoms with Crippen LogP contribution in [0.1, 0.15) is 23.1 Å². The Labute approximate surface area is 107 Å². The second kappa shape index (κ2) is 5.94. The maximum absolute atomic E-state index is 4.26. The Morgan fingerprint density at radius 1 is 1.29 bits per heavy atom. The predicted molar refractivity (Wildman–Crippen MR) is 73.3 cm³/mol. The van der Waals surface area contributed by atoms with Gasteiger partial charge in [-0.1, -0.05) is 30.3 Å². The minimum Gasteiger partial charge on any atom is -0.309 e. The molecule has 1 unspecified atom stereocenters. The van der Waals surface area contributed by atoms with E-state index >= 15 is 0 Å². The third kappa shape index (κ3) is 3.65. The van der Waals surface area contributed by atoms with Crippen LogP contribution in [0.2, 0.25) is 0 Å². The zero-order valence-corrected chi connectivity index (χ0v) is 11.1. The monoisotopic (exact) mass is 246 g/mol. The first-order chi connectivity index (χ1) is 8.25. The first kappa shape index (κ1) is 12.3. The van der Waals surface area contributed by atoms with E-state index < -0.39 is 0 Å². The molecule has 0 aliphatic rings. The highest BCUT2D eigenvalue weighted by Gasteiger charge is 2.05.